The zero-order valence-corrected chi connectivity index (χ0v) is 41.1. The number of hydrogen-bond acceptors (Lipinski definition) is 2. The monoisotopic (exact) mass is 1080 g/mol. The zero-order chi connectivity index (χ0) is 46.6. The third-order valence-corrected chi connectivity index (χ3v) is 13.1. The summed E-state index contributed by atoms with van der Waals surface area (Å²) < 4.78 is 0. The summed E-state index contributed by atoms with van der Waals surface area (Å²) in [6, 6.07) is 98.8. The van der Waals surface area contributed by atoms with E-state index in [2.05, 4.69) is 261 Å². The Morgan fingerprint density at radius 2 is 0.577 bits per heavy atom. The van der Waals surface area contributed by atoms with Crippen molar-refractivity contribution in [3.05, 3.63) is 279 Å². The number of fused-ring (bicyclic) bond motifs is 1. The molecule has 0 amide bonds. The van der Waals surface area contributed by atoms with Crippen molar-refractivity contribution in [2.24, 2.45) is 0 Å². The minimum absolute atomic E-state index is 0. The second-order valence-electron chi connectivity index (χ2n) is 17.8. The molecular formula is C68H45IrN2-. The van der Waals surface area contributed by atoms with Crippen LogP contribution in [0.4, 0.5) is 0 Å². The van der Waals surface area contributed by atoms with Gasteiger partial charge in [0.2, 0.25) is 0 Å². The van der Waals surface area contributed by atoms with Gasteiger partial charge in [-0.1, -0.05) is 188 Å². The normalized spacial score (nSPS) is 11.0. The van der Waals surface area contributed by atoms with Crippen LogP contribution in [0.5, 0.6) is 0 Å². The molecule has 0 aliphatic heterocycles. The van der Waals surface area contributed by atoms with E-state index in [1.54, 1.807) is 0 Å². The predicted octanol–water partition coefficient (Wildman–Crippen LogP) is 18.1. The van der Waals surface area contributed by atoms with Gasteiger partial charge in [-0.05, 0) is 149 Å². The van der Waals surface area contributed by atoms with Gasteiger partial charge in [-0.3, -0.25) is 0 Å². The van der Waals surface area contributed by atoms with E-state index < -0.39 is 0 Å². The van der Waals surface area contributed by atoms with Crippen molar-refractivity contribution in [1.29, 1.82) is 0 Å². The van der Waals surface area contributed by atoms with E-state index in [1.165, 1.54) is 44.5 Å². The molecule has 2 heterocycles. The first-order valence-corrected chi connectivity index (χ1v) is 23.8. The third kappa shape index (κ3) is 9.71. The number of hydrogen-bond donors (Lipinski definition) is 0. The molecule has 10 aromatic carbocycles. The Bertz CT molecular complexity index is 3510. The Balaban J connectivity index is 0.00000547. The van der Waals surface area contributed by atoms with Gasteiger partial charge in [0.25, 0.3) is 0 Å². The summed E-state index contributed by atoms with van der Waals surface area (Å²) in [7, 11) is 0. The summed E-state index contributed by atoms with van der Waals surface area (Å²) in [6.45, 7) is 0. The Kier molecular flexibility index (Phi) is 12.8. The van der Waals surface area contributed by atoms with E-state index in [1.807, 2.05) is 18.3 Å². The molecule has 2 nitrogen and oxygen atoms in total. The molecule has 12 aromatic rings. The molecule has 0 saturated heterocycles. The first-order chi connectivity index (χ1) is 34.6. The Labute approximate surface area is 429 Å². The van der Waals surface area contributed by atoms with E-state index in [-0.39, 0.29) is 20.1 Å². The summed E-state index contributed by atoms with van der Waals surface area (Å²) in [5, 5.41) is 2.26. The van der Waals surface area contributed by atoms with E-state index in [4.69, 9.17) is 9.97 Å². The van der Waals surface area contributed by atoms with Crippen molar-refractivity contribution < 1.29 is 20.1 Å². The van der Waals surface area contributed by atoms with Crippen molar-refractivity contribution in [2.45, 2.75) is 0 Å². The second kappa shape index (κ2) is 20.2. The first kappa shape index (κ1) is 44.9. The molecule has 2 aromatic heterocycles. The van der Waals surface area contributed by atoms with Crippen LogP contribution in [0.1, 0.15) is 0 Å². The van der Waals surface area contributed by atoms with Gasteiger partial charge < -0.3 is 4.98 Å². The molecule has 0 atom stereocenters. The standard InChI is InChI=1S/C68H45N2.Ir/c1-5-18-47(19-6-1)59-37-60(48-20-7-2-8-21-48)40-63(39-59)51-28-16-32-56(35-51)67-44-65(53-30-15-31-55(34-53)66-43-54-26-13-14-27-58(54)46-69-66)45-68(70-67)57-33-17-29-52(36-57)64-41-61(49-22-9-3-10-23-49)38-62(42-64)50-24-11-4-12-25-50;/h1-30,32-46H;/q-1;. The third-order valence-electron chi connectivity index (χ3n) is 13.1. The van der Waals surface area contributed by atoms with Crippen molar-refractivity contribution in [3.8, 4) is 112 Å². The summed E-state index contributed by atoms with van der Waals surface area (Å²) in [5.41, 5.74) is 21.7. The molecule has 0 spiro atoms. The fourth-order valence-electron chi connectivity index (χ4n) is 9.51. The fourth-order valence-corrected chi connectivity index (χ4v) is 9.51. The number of aromatic nitrogens is 2. The van der Waals surface area contributed by atoms with E-state index in [9.17, 15) is 0 Å². The van der Waals surface area contributed by atoms with Crippen molar-refractivity contribution in [3.63, 3.8) is 0 Å². The molecule has 3 heteroatoms. The second-order valence-corrected chi connectivity index (χ2v) is 17.8. The zero-order valence-electron chi connectivity index (χ0n) is 38.7. The Morgan fingerprint density at radius 1 is 0.239 bits per heavy atom. The van der Waals surface area contributed by atoms with Crippen molar-refractivity contribution in [1.82, 2.24) is 9.97 Å². The van der Waals surface area contributed by atoms with Crippen LogP contribution in [-0.4, -0.2) is 9.97 Å². The maximum atomic E-state index is 5.52. The van der Waals surface area contributed by atoms with Gasteiger partial charge in [-0.15, -0.1) is 35.4 Å². The SMILES string of the molecule is [Ir].[c-]1ccc(-c2cc(-c3cccc(-c4cc(-c5ccccc5)cc(-c5ccccc5)c4)c3)nc(-c3cccc(-c4cc(-c5ccccc5)cc(-c5ccccc5)c4)c3)c2)cc1-c1cc2ccccc2cn1. The molecular weight excluding hydrogens is 1040 g/mol. The quantitative estimate of drug-likeness (QED) is 0.128. The van der Waals surface area contributed by atoms with Crippen LogP contribution in [0.2, 0.25) is 0 Å². The van der Waals surface area contributed by atoms with Gasteiger partial charge in [0.1, 0.15) is 0 Å². The maximum Gasteiger partial charge on any atom is 0.0715 e. The van der Waals surface area contributed by atoms with Crippen molar-refractivity contribution in [2.75, 3.05) is 0 Å². The molecule has 0 bridgehead atoms. The maximum absolute atomic E-state index is 5.52. The smallest absolute Gasteiger partial charge is 0.0715 e. The van der Waals surface area contributed by atoms with Crippen molar-refractivity contribution >= 4 is 10.8 Å². The van der Waals surface area contributed by atoms with Crippen LogP contribution >= 0.6 is 0 Å². The molecule has 0 unspecified atom stereocenters. The van der Waals surface area contributed by atoms with Crippen LogP contribution in [0.3, 0.4) is 0 Å². The van der Waals surface area contributed by atoms with E-state index in [0.717, 1.165) is 77.9 Å². The molecule has 0 N–H and O–H groups in total. The number of pyridine rings is 2. The molecule has 0 aliphatic carbocycles. The van der Waals surface area contributed by atoms with Gasteiger partial charge >= 0.3 is 0 Å². The molecule has 0 aliphatic rings. The number of benzene rings is 10. The van der Waals surface area contributed by atoms with Crippen LogP contribution in [-0.2, 0) is 20.1 Å². The first-order valence-electron chi connectivity index (χ1n) is 23.8. The minimum Gasteiger partial charge on any atom is -0.304 e. The molecule has 12 rings (SSSR count). The van der Waals surface area contributed by atoms with Gasteiger partial charge in [-0.2, -0.15) is 0 Å². The fraction of sp³-hybridized carbons (Fsp3) is 0. The average molecular weight is 1080 g/mol. The van der Waals surface area contributed by atoms with Gasteiger partial charge in [0, 0.05) is 37.4 Å². The van der Waals surface area contributed by atoms with E-state index in [0.29, 0.717) is 0 Å². The Morgan fingerprint density at radius 3 is 1.03 bits per heavy atom. The van der Waals surface area contributed by atoms with Gasteiger partial charge in [-0.25, -0.2) is 4.98 Å². The van der Waals surface area contributed by atoms with Crippen LogP contribution < -0.4 is 0 Å². The van der Waals surface area contributed by atoms with E-state index >= 15 is 0 Å². The average Bonchev–Trinajstić information content (AvgIpc) is 3.45. The topological polar surface area (TPSA) is 25.8 Å². The summed E-state index contributed by atoms with van der Waals surface area (Å²) in [6.07, 6.45) is 1.95. The van der Waals surface area contributed by atoms with Gasteiger partial charge in [0.15, 0.2) is 0 Å². The molecule has 337 valence electrons. The molecule has 0 saturated carbocycles. The largest absolute Gasteiger partial charge is 0.304 e. The summed E-state index contributed by atoms with van der Waals surface area (Å²) >= 11 is 0. The summed E-state index contributed by atoms with van der Waals surface area (Å²) in [4.78, 5) is 10.4. The number of rotatable bonds is 10. The minimum atomic E-state index is 0. The predicted molar refractivity (Wildman–Crippen MR) is 293 cm³/mol. The van der Waals surface area contributed by atoms with Crippen LogP contribution in [0, 0.1) is 6.07 Å². The van der Waals surface area contributed by atoms with Crippen LogP contribution in [0.25, 0.3) is 122 Å². The number of nitrogens with zero attached hydrogens (tertiary/aromatic N) is 2. The molecule has 0 fully saturated rings. The Hall–Kier alpha value is -8.59. The van der Waals surface area contributed by atoms with Gasteiger partial charge in [0.05, 0.1) is 11.4 Å². The summed E-state index contributed by atoms with van der Waals surface area (Å²) in [5.74, 6) is 0. The molecule has 71 heavy (non-hydrogen) atoms. The molecule has 1 radical (unpaired) electrons. The van der Waals surface area contributed by atoms with Crippen LogP contribution in [0.15, 0.2) is 273 Å².